The molecule has 14 heavy (non-hydrogen) atoms. The van der Waals surface area contributed by atoms with Crippen LogP contribution in [0, 0.1) is 11.8 Å². The highest BCUT2D eigenvalue weighted by atomic mass is 14.8. The van der Waals surface area contributed by atoms with Crippen molar-refractivity contribution in [3.63, 3.8) is 0 Å². The maximum absolute atomic E-state index is 5.62. The molecule has 78 valence electrons. The lowest BCUT2D eigenvalue weighted by atomic mass is 9.94. The van der Waals surface area contributed by atoms with Gasteiger partial charge in [-0.2, -0.15) is 0 Å². The molecule has 1 unspecified atom stereocenters. The molecule has 2 heteroatoms. The number of aromatic nitrogens is 1. The SMILES string of the molecule is CC(C)CC(C)Cc1cccc(N)n1. The van der Waals surface area contributed by atoms with Crippen molar-refractivity contribution < 1.29 is 0 Å². The first kappa shape index (κ1) is 11.0. The summed E-state index contributed by atoms with van der Waals surface area (Å²) < 4.78 is 0. The minimum absolute atomic E-state index is 0.624. The third kappa shape index (κ3) is 3.77. The number of nitrogens with zero attached hydrogens (tertiary/aromatic N) is 1. The van der Waals surface area contributed by atoms with Gasteiger partial charge in [-0.05, 0) is 36.8 Å². The van der Waals surface area contributed by atoms with Gasteiger partial charge in [0.15, 0.2) is 0 Å². The van der Waals surface area contributed by atoms with Crippen LogP contribution >= 0.6 is 0 Å². The van der Waals surface area contributed by atoms with E-state index in [0.29, 0.717) is 11.7 Å². The Morgan fingerprint density at radius 2 is 2.00 bits per heavy atom. The fraction of sp³-hybridized carbons (Fsp3) is 0.583. The Hall–Kier alpha value is -1.05. The molecule has 0 aromatic carbocycles. The summed E-state index contributed by atoms with van der Waals surface area (Å²) in [5.41, 5.74) is 6.73. The van der Waals surface area contributed by atoms with E-state index in [0.717, 1.165) is 18.0 Å². The second kappa shape index (κ2) is 4.99. The van der Waals surface area contributed by atoms with Crippen molar-refractivity contribution in [3.05, 3.63) is 23.9 Å². The molecule has 0 amide bonds. The van der Waals surface area contributed by atoms with Gasteiger partial charge in [0.2, 0.25) is 0 Å². The summed E-state index contributed by atoms with van der Waals surface area (Å²) in [5, 5.41) is 0. The second-order valence-electron chi connectivity index (χ2n) is 4.49. The molecule has 1 rings (SSSR count). The van der Waals surface area contributed by atoms with Gasteiger partial charge >= 0.3 is 0 Å². The van der Waals surface area contributed by atoms with Crippen LogP contribution in [0.3, 0.4) is 0 Å². The summed E-state index contributed by atoms with van der Waals surface area (Å²) in [6.45, 7) is 6.78. The molecule has 2 nitrogen and oxygen atoms in total. The molecule has 2 N–H and O–H groups in total. The molecule has 1 aromatic rings. The molecule has 0 bridgehead atoms. The third-order valence-electron chi connectivity index (χ3n) is 2.26. The molecule has 0 saturated heterocycles. The number of hydrogen-bond donors (Lipinski definition) is 1. The number of pyridine rings is 1. The molecule has 1 aromatic heterocycles. The van der Waals surface area contributed by atoms with E-state index < -0.39 is 0 Å². The van der Waals surface area contributed by atoms with Crippen molar-refractivity contribution in [2.24, 2.45) is 11.8 Å². The molecule has 0 aliphatic carbocycles. The van der Waals surface area contributed by atoms with Gasteiger partial charge in [0.05, 0.1) is 0 Å². The largest absolute Gasteiger partial charge is 0.384 e. The van der Waals surface area contributed by atoms with Gasteiger partial charge in [-0.1, -0.05) is 26.8 Å². The van der Waals surface area contributed by atoms with Crippen LogP contribution in [0.15, 0.2) is 18.2 Å². The first-order valence-corrected chi connectivity index (χ1v) is 5.29. The van der Waals surface area contributed by atoms with Crippen molar-refractivity contribution in [1.82, 2.24) is 4.98 Å². The predicted molar refractivity (Wildman–Crippen MR) is 61.0 cm³/mol. The predicted octanol–water partition coefficient (Wildman–Crippen LogP) is 2.89. The van der Waals surface area contributed by atoms with E-state index in [-0.39, 0.29) is 0 Å². The van der Waals surface area contributed by atoms with Crippen molar-refractivity contribution in [2.75, 3.05) is 5.73 Å². The van der Waals surface area contributed by atoms with E-state index in [1.165, 1.54) is 6.42 Å². The fourth-order valence-electron chi connectivity index (χ4n) is 1.86. The topological polar surface area (TPSA) is 38.9 Å². The van der Waals surface area contributed by atoms with Crippen LogP contribution in [-0.4, -0.2) is 4.98 Å². The Kier molecular flexibility index (Phi) is 3.93. The van der Waals surface area contributed by atoms with Crippen molar-refractivity contribution in [2.45, 2.75) is 33.6 Å². The van der Waals surface area contributed by atoms with Gasteiger partial charge in [0, 0.05) is 5.69 Å². The van der Waals surface area contributed by atoms with Crippen LogP contribution in [0.1, 0.15) is 32.9 Å². The van der Waals surface area contributed by atoms with Crippen LogP contribution in [0.4, 0.5) is 5.82 Å². The summed E-state index contributed by atoms with van der Waals surface area (Å²) in [5.74, 6) is 2.06. The summed E-state index contributed by atoms with van der Waals surface area (Å²) >= 11 is 0. The summed E-state index contributed by atoms with van der Waals surface area (Å²) in [4.78, 5) is 4.30. The average molecular weight is 192 g/mol. The zero-order valence-electron chi connectivity index (χ0n) is 9.33. The van der Waals surface area contributed by atoms with Crippen LogP contribution in [0.2, 0.25) is 0 Å². The highest BCUT2D eigenvalue weighted by Crippen LogP contribution is 2.15. The Balaban J connectivity index is 2.51. The van der Waals surface area contributed by atoms with Crippen molar-refractivity contribution >= 4 is 5.82 Å². The van der Waals surface area contributed by atoms with Crippen molar-refractivity contribution in [3.8, 4) is 0 Å². The van der Waals surface area contributed by atoms with E-state index in [2.05, 4.69) is 25.8 Å². The smallest absolute Gasteiger partial charge is 0.123 e. The minimum Gasteiger partial charge on any atom is -0.384 e. The molecule has 0 spiro atoms. The number of nitrogen functional groups attached to an aromatic ring is 1. The monoisotopic (exact) mass is 192 g/mol. The summed E-state index contributed by atoms with van der Waals surface area (Å²) in [6.07, 6.45) is 2.28. The molecule has 0 saturated carbocycles. The van der Waals surface area contributed by atoms with E-state index in [4.69, 9.17) is 5.73 Å². The first-order chi connectivity index (χ1) is 6.58. The average Bonchev–Trinajstić information content (AvgIpc) is 2.01. The fourth-order valence-corrected chi connectivity index (χ4v) is 1.86. The second-order valence-corrected chi connectivity index (χ2v) is 4.49. The van der Waals surface area contributed by atoms with E-state index in [1.54, 1.807) is 0 Å². The minimum atomic E-state index is 0.624. The number of anilines is 1. The van der Waals surface area contributed by atoms with Crippen molar-refractivity contribution in [1.29, 1.82) is 0 Å². The van der Waals surface area contributed by atoms with E-state index in [9.17, 15) is 0 Å². The maximum Gasteiger partial charge on any atom is 0.123 e. The summed E-state index contributed by atoms with van der Waals surface area (Å²) in [7, 11) is 0. The Bertz CT molecular complexity index is 281. The molecule has 1 heterocycles. The van der Waals surface area contributed by atoms with E-state index in [1.807, 2.05) is 18.2 Å². The standard InChI is InChI=1S/C12H20N2/c1-9(2)7-10(3)8-11-5-4-6-12(13)14-11/h4-6,9-10H,7-8H2,1-3H3,(H2,13,14). The van der Waals surface area contributed by atoms with Gasteiger partial charge in [-0.25, -0.2) is 4.98 Å². The van der Waals surface area contributed by atoms with Crippen LogP contribution < -0.4 is 5.73 Å². The zero-order valence-corrected chi connectivity index (χ0v) is 9.33. The molecule has 0 aliphatic heterocycles. The molecule has 0 fully saturated rings. The lowest BCUT2D eigenvalue weighted by Gasteiger charge is -2.13. The summed E-state index contributed by atoms with van der Waals surface area (Å²) in [6, 6.07) is 5.85. The van der Waals surface area contributed by atoms with Crippen LogP contribution in [0.25, 0.3) is 0 Å². The lowest BCUT2D eigenvalue weighted by Crippen LogP contribution is -2.05. The van der Waals surface area contributed by atoms with Crippen LogP contribution in [-0.2, 0) is 6.42 Å². The van der Waals surface area contributed by atoms with Gasteiger partial charge in [-0.3, -0.25) is 0 Å². The maximum atomic E-state index is 5.62. The normalized spacial score (nSPS) is 13.1. The van der Waals surface area contributed by atoms with Gasteiger partial charge in [0.25, 0.3) is 0 Å². The lowest BCUT2D eigenvalue weighted by molar-refractivity contribution is 0.434. The number of rotatable bonds is 4. The Labute approximate surface area is 86.5 Å². The Morgan fingerprint density at radius 1 is 1.29 bits per heavy atom. The zero-order chi connectivity index (χ0) is 10.6. The molecular weight excluding hydrogens is 172 g/mol. The number of nitrogens with two attached hydrogens (primary N) is 1. The van der Waals surface area contributed by atoms with Gasteiger partial charge in [-0.15, -0.1) is 0 Å². The highest BCUT2D eigenvalue weighted by molar-refractivity contribution is 5.28. The first-order valence-electron chi connectivity index (χ1n) is 5.29. The number of hydrogen-bond acceptors (Lipinski definition) is 2. The highest BCUT2D eigenvalue weighted by Gasteiger charge is 2.06. The van der Waals surface area contributed by atoms with E-state index >= 15 is 0 Å². The molecule has 0 radical (unpaired) electrons. The molecule has 1 atom stereocenters. The van der Waals surface area contributed by atoms with Gasteiger partial charge in [0.1, 0.15) is 5.82 Å². The molecular formula is C12H20N2. The van der Waals surface area contributed by atoms with Gasteiger partial charge < -0.3 is 5.73 Å². The Morgan fingerprint density at radius 3 is 2.57 bits per heavy atom. The molecule has 0 aliphatic rings. The quantitative estimate of drug-likeness (QED) is 0.796. The third-order valence-corrected chi connectivity index (χ3v) is 2.26. The van der Waals surface area contributed by atoms with Crippen LogP contribution in [0.5, 0.6) is 0 Å².